The van der Waals surface area contributed by atoms with E-state index in [4.69, 9.17) is 0 Å². The number of guanidine groups is 1. The number of likely N-dealkylation sites (tertiary alicyclic amines) is 1. The number of nitrogens with zero attached hydrogens (tertiary/aromatic N) is 2. The van der Waals surface area contributed by atoms with Crippen LogP contribution in [0.5, 0.6) is 0 Å². The molecule has 3 rings (SSSR count). The summed E-state index contributed by atoms with van der Waals surface area (Å²) in [4.78, 5) is 6.94. The molecule has 0 unspecified atom stereocenters. The Balaban J connectivity index is 1.43. The van der Waals surface area contributed by atoms with E-state index in [-0.39, 0.29) is 11.2 Å². The summed E-state index contributed by atoms with van der Waals surface area (Å²) in [5.74, 6) is 1.44. The lowest BCUT2D eigenvalue weighted by Gasteiger charge is -2.32. The summed E-state index contributed by atoms with van der Waals surface area (Å²) in [6.07, 6.45) is 5.98. The Hall–Kier alpha value is -1.62. The molecule has 26 heavy (non-hydrogen) atoms. The third-order valence-corrected chi connectivity index (χ3v) is 5.91. The number of piperidine rings is 1. The van der Waals surface area contributed by atoms with Crippen LogP contribution in [0.3, 0.4) is 0 Å². The lowest BCUT2D eigenvalue weighted by Crippen LogP contribution is -2.44. The lowest BCUT2D eigenvalue weighted by molar-refractivity contribution is 0.185. The van der Waals surface area contributed by atoms with E-state index < -0.39 is 0 Å². The van der Waals surface area contributed by atoms with E-state index in [2.05, 4.69) is 27.4 Å². The van der Waals surface area contributed by atoms with Gasteiger partial charge in [-0.1, -0.05) is 19.1 Å². The third-order valence-electron chi connectivity index (χ3n) is 5.91. The second kappa shape index (κ2) is 8.85. The molecule has 1 aromatic carbocycles. The first-order chi connectivity index (χ1) is 12.6. The minimum atomic E-state index is -0.148. The quantitative estimate of drug-likeness (QED) is 0.580. The third kappa shape index (κ3) is 4.97. The smallest absolute Gasteiger partial charge is 0.191 e. The summed E-state index contributed by atoms with van der Waals surface area (Å²) in [6, 6.07) is 7.04. The normalized spacial score (nSPS) is 20.8. The van der Waals surface area contributed by atoms with Gasteiger partial charge in [-0.25, -0.2) is 4.39 Å². The molecule has 1 saturated heterocycles. The summed E-state index contributed by atoms with van der Waals surface area (Å²) in [6.45, 7) is 7.70. The van der Waals surface area contributed by atoms with Crippen LogP contribution in [0.15, 0.2) is 29.3 Å². The fourth-order valence-electron chi connectivity index (χ4n) is 3.98. The van der Waals surface area contributed by atoms with Gasteiger partial charge in [0.25, 0.3) is 0 Å². The minimum Gasteiger partial charge on any atom is -0.356 e. The highest BCUT2D eigenvalue weighted by Gasteiger charge is 2.44. The molecule has 0 bridgehead atoms. The Kier molecular flexibility index (Phi) is 6.52. The van der Waals surface area contributed by atoms with Gasteiger partial charge < -0.3 is 15.5 Å². The van der Waals surface area contributed by atoms with E-state index in [1.165, 1.54) is 45.0 Å². The largest absolute Gasteiger partial charge is 0.356 e. The number of nitrogens with one attached hydrogen (secondary N) is 2. The topological polar surface area (TPSA) is 39.7 Å². The highest BCUT2D eigenvalue weighted by molar-refractivity contribution is 5.79. The molecule has 4 nitrogen and oxygen atoms in total. The van der Waals surface area contributed by atoms with E-state index in [0.29, 0.717) is 0 Å². The van der Waals surface area contributed by atoms with Crippen LogP contribution in [0.1, 0.15) is 44.6 Å². The molecular weight excluding hydrogens is 327 g/mol. The first-order valence-electron chi connectivity index (χ1n) is 10.1. The number of halogens is 1. The summed E-state index contributed by atoms with van der Waals surface area (Å²) in [5, 5.41) is 6.96. The van der Waals surface area contributed by atoms with Crippen molar-refractivity contribution in [2.45, 2.75) is 44.4 Å². The molecule has 1 aliphatic heterocycles. The first-order valence-corrected chi connectivity index (χ1v) is 10.1. The van der Waals surface area contributed by atoms with E-state index in [1.807, 2.05) is 19.2 Å². The molecule has 5 heteroatoms. The Morgan fingerprint density at radius 2 is 2.04 bits per heavy atom. The molecule has 0 radical (unpaired) electrons. The Bertz CT molecular complexity index is 604. The fraction of sp³-hybridized carbons (Fsp3) is 0.667. The monoisotopic (exact) mass is 360 g/mol. The first kappa shape index (κ1) is 19.2. The zero-order chi connectivity index (χ0) is 18.4. The van der Waals surface area contributed by atoms with Gasteiger partial charge in [-0.15, -0.1) is 0 Å². The van der Waals surface area contributed by atoms with Crippen LogP contribution in [0.25, 0.3) is 0 Å². The maximum absolute atomic E-state index is 13.5. The van der Waals surface area contributed by atoms with Crippen molar-refractivity contribution in [1.29, 1.82) is 0 Å². The molecule has 1 saturated carbocycles. The Morgan fingerprint density at radius 3 is 2.65 bits per heavy atom. The van der Waals surface area contributed by atoms with Gasteiger partial charge in [0.1, 0.15) is 5.82 Å². The van der Waals surface area contributed by atoms with Gasteiger partial charge in [0.2, 0.25) is 0 Å². The molecule has 1 heterocycles. The zero-order valence-electron chi connectivity index (χ0n) is 16.2. The van der Waals surface area contributed by atoms with Crippen LogP contribution in [0.4, 0.5) is 4.39 Å². The van der Waals surface area contributed by atoms with Crippen LogP contribution in [-0.2, 0) is 5.41 Å². The number of rotatable bonds is 7. The maximum Gasteiger partial charge on any atom is 0.191 e. The summed E-state index contributed by atoms with van der Waals surface area (Å²) in [7, 11) is 1.82. The SMILES string of the molecule is CCCN1CCC(CNC(=NC)NCC2(c3cccc(F)c3)CC2)CC1. The second-order valence-electron chi connectivity index (χ2n) is 7.88. The van der Waals surface area contributed by atoms with Gasteiger partial charge in [-0.2, -0.15) is 0 Å². The molecule has 0 spiro atoms. The molecule has 0 aromatic heterocycles. The van der Waals surface area contributed by atoms with E-state index >= 15 is 0 Å². The number of aliphatic imine (C=N–C) groups is 1. The molecule has 0 atom stereocenters. The lowest BCUT2D eigenvalue weighted by atomic mass is 9.96. The molecule has 2 aliphatic rings. The van der Waals surface area contributed by atoms with Gasteiger partial charge in [-0.05, 0) is 75.4 Å². The van der Waals surface area contributed by atoms with Gasteiger partial charge in [0.15, 0.2) is 5.96 Å². The van der Waals surface area contributed by atoms with E-state index in [1.54, 1.807) is 6.07 Å². The predicted molar refractivity (Wildman–Crippen MR) is 106 cm³/mol. The zero-order valence-corrected chi connectivity index (χ0v) is 16.2. The van der Waals surface area contributed by atoms with Crippen molar-refractivity contribution >= 4 is 5.96 Å². The standard InChI is InChI=1S/C21H33FN4/c1-3-11-26-12-7-17(8-13-26)15-24-20(23-2)25-16-21(9-10-21)18-5-4-6-19(22)14-18/h4-6,14,17H,3,7-13,15-16H2,1-2H3,(H2,23,24,25). The van der Waals surface area contributed by atoms with Crippen molar-refractivity contribution in [3.05, 3.63) is 35.6 Å². The van der Waals surface area contributed by atoms with Crippen molar-refractivity contribution in [2.24, 2.45) is 10.9 Å². The van der Waals surface area contributed by atoms with Crippen molar-refractivity contribution in [3.8, 4) is 0 Å². The van der Waals surface area contributed by atoms with Gasteiger partial charge >= 0.3 is 0 Å². The van der Waals surface area contributed by atoms with Crippen molar-refractivity contribution in [2.75, 3.05) is 39.8 Å². The van der Waals surface area contributed by atoms with E-state index in [9.17, 15) is 4.39 Å². The minimum absolute atomic E-state index is 0.0746. The summed E-state index contributed by atoms with van der Waals surface area (Å²) < 4.78 is 13.5. The molecule has 2 N–H and O–H groups in total. The predicted octanol–water partition coefficient (Wildman–Crippen LogP) is 3.14. The number of hydrogen-bond acceptors (Lipinski definition) is 2. The van der Waals surface area contributed by atoms with Gasteiger partial charge in [0.05, 0.1) is 0 Å². The van der Waals surface area contributed by atoms with Crippen molar-refractivity contribution in [3.63, 3.8) is 0 Å². The highest BCUT2D eigenvalue weighted by atomic mass is 19.1. The van der Waals surface area contributed by atoms with Crippen LogP contribution < -0.4 is 10.6 Å². The van der Waals surface area contributed by atoms with Crippen LogP contribution in [0, 0.1) is 11.7 Å². The van der Waals surface area contributed by atoms with Crippen LogP contribution >= 0.6 is 0 Å². The van der Waals surface area contributed by atoms with Crippen molar-refractivity contribution in [1.82, 2.24) is 15.5 Å². The molecule has 0 amide bonds. The molecule has 2 fully saturated rings. The van der Waals surface area contributed by atoms with Crippen LogP contribution in [-0.4, -0.2) is 50.6 Å². The Morgan fingerprint density at radius 1 is 1.27 bits per heavy atom. The highest BCUT2D eigenvalue weighted by Crippen LogP contribution is 2.47. The van der Waals surface area contributed by atoms with E-state index in [0.717, 1.165) is 43.4 Å². The van der Waals surface area contributed by atoms with Crippen molar-refractivity contribution < 1.29 is 4.39 Å². The second-order valence-corrected chi connectivity index (χ2v) is 7.88. The van der Waals surface area contributed by atoms with Crippen LogP contribution in [0.2, 0.25) is 0 Å². The fourth-order valence-corrected chi connectivity index (χ4v) is 3.98. The van der Waals surface area contributed by atoms with Gasteiger partial charge in [-0.3, -0.25) is 4.99 Å². The maximum atomic E-state index is 13.5. The summed E-state index contributed by atoms with van der Waals surface area (Å²) >= 11 is 0. The molecule has 1 aliphatic carbocycles. The molecular formula is C21H33FN4. The Labute approximate surface area is 157 Å². The average molecular weight is 361 g/mol. The summed E-state index contributed by atoms with van der Waals surface area (Å²) in [5.41, 5.74) is 1.18. The average Bonchev–Trinajstić information content (AvgIpc) is 3.45. The molecule has 1 aromatic rings. The van der Waals surface area contributed by atoms with Gasteiger partial charge in [0, 0.05) is 25.6 Å². The number of benzene rings is 1. The number of hydrogen-bond donors (Lipinski definition) is 2. The molecule has 144 valence electrons.